The summed E-state index contributed by atoms with van der Waals surface area (Å²) in [6.07, 6.45) is 2.49. The van der Waals surface area contributed by atoms with Crippen molar-refractivity contribution >= 4 is 0 Å². The Hall–Kier alpha value is -0.860. The molecule has 1 N–H and O–H groups in total. The average molecular weight is 274 g/mol. The molecule has 1 aliphatic heterocycles. The van der Waals surface area contributed by atoms with E-state index in [1.54, 1.807) is 0 Å². The van der Waals surface area contributed by atoms with E-state index in [0.717, 1.165) is 19.0 Å². The van der Waals surface area contributed by atoms with Crippen LogP contribution in [0, 0.1) is 12.8 Å². The van der Waals surface area contributed by atoms with Crippen LogP contribution in [-0.2, 0) is 6.54 Å². The summed E-state index contributed by atoms with van der Waals surface area (Å²) in [5.74, 6) is 0.758. The SMILES string of the molecule is CCC(C)C1CN(Cc2ccc(C)cc2)C(CC)CN1. The number of benzene rings is 1. The molecular weight excluding hydrogens is 244 g/mol. The van der Waals surface area contributed by atoms with E-state index in [9.17, 15) is 0 Å². The van der Waals surface area contributed by atoms with Crippen molar-refractivity contribution in [2.75, 3.05) is 13.1 Å². The number of hydrogen-bond donors (Lipinski definition) is 1. The quantitative estimate of drug-likeness (QED) is 0.882. The fourth-order valence-corrected chi connectivity index (χ4v) is 3.07. The van der Waals surface area contributed by atoms with E-state index in [0.29, 0.717) is 12.1 Å². The van der Waals surface area contributed by atoms with Crippen LogP contribution >= 0.6 is 0 Å². The van der Waals surface area contributed by atoms with Crippen molar-refractivity contribution in [1.29, 1.82) is 0 Å². The van der Waals surface area contributed by atoms with Crippen molar-refractivity contribution in [2.45, 2.75) is 59.2 Å². The molecule has 1 aromatic rings. The van der Waals surface area contributed by atoms with Gasteiger partial charge in [0.1, 0.15) is 0 Å². The maximum Gasteiger partial charge on any atom is 0.0237 e. The van der Waals surface area contributed by atoms with E-state index < -0.39 is 0 Å². The molecule has 0 aliphatic carbocycles. The Labute approximate surface area is 124 Å². The van der Waals surface area contributed by atoms with Crippen molar-refractivity contribution in [3.63, 3.8) is 0 Å². The molecule has 0 radical (unpaired) electrons. The summed E-state index contributed by atoms with van der Waals surface area (Å²) in [5, 5.41) is 3.75. The van der Waals surface area contributed by atoms with Gasteiger partial charge < -0.3 is 5.32 Å². The zero-order valence-corrected chi connectivity index (χ0v) is 13.5. The van der Waals surface area contributed by atoms with E-state index >= 15 is 0 Å². The van der Waals surface area contributed by atoms with E-state index in [1.165, 1.54) is 30.5 Å². The lowest BCUT2D eigenvalue weighted by molar-refractivity contribution is 0.0993. The van der Waals surface area contributed by atoms with Gasteiger partial charge in [-0.25, -0.2) is 0 Å². The Morgan fingerprint density at radius 1 is 1.25 bits per heavy atom. The van der Waals surface area contributed by atoms with E-state index in [4.69, 9.17) is 0 Å². The summed E-state index contributed by atoms with van der Waals surface area (Å²) >= 11 is 0. The number of hydrogen-bond acceptors (Lipinski definition) is 2. The van der Waals surface area contributed by atoms with E-state index in [1.807, 2.05) is 0 Å². The highest BCUT2D eigenvalue weighted by Crippen LogP contribution is 2.19. The van der Waals surface area contributed by atoms with Crippen LogP contribution < -0.4 is 5.32 Å². The van der Waals surface area contributed by atoms with Crippen LogP contribution in [0.25, 0.3) is 0 Å². The third-order valence-corrected chi connectivity index (χ3v) is 4.87. The smallest absolute Gasteiger partial charge is 0.0237 e. The summed E-state index contributed by atoms with van der Waals surface area (Å²) in [6.45, 7) is 12.5. The molecular formula is C18H30N2. The summed E-state index contributed by atoms with van der Waals surface area (Å²) in [7, 11) is 0. The van der Waals surface area contributed by atoms with Crippen LogP contribution in [0.2, 0.25) is 0 Å². The molecule has 2 nitrogen and oxygen atoms in total. The van der Waals surface area contributed by atoms with Crippen molar-refractivity contribution in [2.24, 2.45) is 5.92 Å². The molecule has 0 spiro atoms. The normalized spacial score (nSPS) is 25.6. The number of nitrogens with one attached hydrogen (secondary N) is 1. The van der Waals surface area contributed by atoms with Gasteiger partial charge in [0.2, 0.25) is 0 Å². The molecule has 1 heterocycles. The third kappa shape index (κ3) is 3.83. The number of piperazine rings is 1. The molecule has 1 aromatic carbocycles. The third-order valence-electron chi connectivity index (χ3n) is 4.87. The summed E-state index contributed by atoms with van der Waals surface area (Å²) < 4.78 is 0. The molecule has 0 bridgehead atoms. The Bertz CT molecular complexity index is 398. The van der Waals surface area contributed by atoms with Crippen LogP contribution in [0.3, 0.4) is 0 Å². The number of aryl methyl sites for hydroxylation is 1. The van der Waals surface area contributed by atoms with Crippen LogP contribution in [0.15, 0.2) is 24.3 Å². The minimum Gasteiger partial charge on any atom is -0.311 e. The lowest BCUT2D eigenvalue weighted by atomic mass is 9.94. The molecule has 1 aliphatic rings. The van der Waals surface area contributed by atoms with Gasteiger partial charge in [0.25, 0.3) is 0 Å². The Balaban J connectivity index is 2.03. The van der Waals surface area contributed by atoms with Crippen molar-refractivity contribution in [1.82, 2.24) is 10.2 Å². The highest BCUT2D eigenvalue weighted by Gasteiger charge is 2.28. The number of nitrogens with zero attached hydrogens (tertiary/aromatic N) is 1. The molecule has 3 atom stereocenters. The first kappa shape index (κ1) is 15.5. The molecule has 0 aromatic heterocycles. The van der Waals surface area contributed by atoms with E-state index in [2.05, 4.69) is 62.2 Å². The summed E-state index contributed by atoms with van der Waals surface area (Å²) in [6, 6.07) is 10.3. The predicted octanol–water partition coefficient (Wildman–Crippen LogP) is 3.59. The molecule has 2 heteroatoms. The zero-order valence-electron chi connectivity index (χ0n) is 13.5. The van der Waals surface area contributed by atoms with Crippen molar-refractivity contribution in [3.8, 4) is 0 Å². The highest BCUT2D eigenvalue weighted by atomic mass is 15.2. The zero-order chi connectivity index (χ0) is 14.5. The maximum atomic E-state index is 3.75. The fraction of sp³-hybridized carbons (Fsp3) is 0.667. The topological polar surface area (TPSA) is 15.3 Å². The second-order valence-electron chi connectivity index (χ2n) is 6.38. The Kier molecular flexibility index (Phi) is 5.62. The fourth-order valence-electron chi connectivity index (χ4n) is 3.07. The second kappa shape index (κ2) is 7.24. The Morgan fingerprint density at radius 3 is 2.55 bits per heavy atom. The minimum absolute atomic E-state index is 0.647. The van der Waals surface area contributed by atoms with Crippen LogP contribution in [0.4, 0.5) is 0 Å². The standard InChI is InChI=1S/C18H30N2/c1-5-15(4)18-13-20(17(6-2)11-19-18)12-16-9-7-14(3)8-10-16/h7-10,15,17-19H,5-6,11-13H2,1-4H3. The van der Waals surface area contributed by atoms with Gasteiger partial charge in [-0.2, -0.15) is 0 Å². The molecule has 3 unspecified atom stereocenters. The first-order valence-corrected chi connectivity index (χ1v) is 8.17. The first-order chi connectivity index (χ1) is 9.63. The Morgan fingerprint density at radius 2 is 1.95 bits per heavy atom. The van der Waals surface area contributed by atoms with Crippen molar-refractivity contribution < 1.29 is 0 Å². The lowest BCUT2D eigenvalue weighted by Gasteiger charge is -2.42. The van der Waals surface area contributed by atoms with Gasteiger partial charge in [0, 0.05) is 31.7 Å². The van der Waals surface area contributed by atoms with Gasteiger partial charge in [-0.05, 0) is 24.8 Å². The molecule has 1 saturated heterocycles. The molecule has 0 amide bonds. The van der Waals surface area contributed by atoms with E-state index in [-0.39, 0.29) is 0 Å². The van der Waals surface area contributed by atoms with Crippen molar-refractivity contribution in [3.05, 3.63) is 35.4 Å². The van der Waals surface area contributed by atoms with Gasteiger partial charge in [-0.15, -0.1) is 0 Å². The average Bonchev–Trinajstić information content (AvgIpc) is 2.48. The monoisotopic (exact) mass is 274 g/mol. The molecule has 1 fully saturated rings. The summed E-state index contributed by atoms with van der Waals surface area (Å²) in [5.41, 5.74) is 2.79. The van der Waals surface area contributed by atoms with Gasteiger partial charge >= 0.3 is 0 Å². The van der Waals surface area contributed by atoms with Gasteiger partial charge in [0.15, 0.2) is 0 Å². The lowest BCUT2D eigenvalue weighted by Crippen LogP contribution is -2.57. The minimum atomic E-state index is 0.647. The van der Waals surface area contributed by atoms with Gasteiger partial charge in [-0.1, -0.05) is 57.0 Å². The van der Waals surface area contributed by atoms with Crippen LogP contribution in [0.5, 0.6) is 0 Å². The molecule has 112 valence electrons. The van der Waals surface area contributed by atoms with Gasteiger partial charge in [0.05, 0.1) is 0 Å². The molecule has 2 rings (SSSR count). The molecule has 0 saturated carbocycles. The highest BCUT2D eigenvalue weighted by molar-refractivity contribution is 5.21. The predicted molar refractivity (Wildman–Crippen MR) is 86.9 cm³/mol. The largest absolute Gasteiger partial charge is 0.311 e. The second-order valence-corrected chi connectivity index (χ2v) is 6.38. The van der Waals surface area contributed by atoms with Crippen LogP contribution in [-0.4, -0.2) is 30.1 Å². The van der Waals surface area contributed by atoms with Gasteiger partial charge in [-0.3, -0.25) is 4.90 Å². The van der Waals surface area contributed by atoms with Crippen LogP contribution in [0.1, 0.15) is 44.7 Å². The maximum absolute atomic E-state index is 3.75. The number of rotatable bonds is 5. The molecule has 20 heavy (non-hydrogen) atoms. The first-order valence-electron chi connectivity index (χ1n) is 8.17. The summed E-state index contributed by atoms with van der Waals surface area (Å²) in [4.78, 5) is 2.68.